The molecule has 2 atom stereocenters. The topological polar surface area (TPSA) is 61.8 Å². The van der Waals surface area contributed by atoms with Crippen LogP contribution in [0.15, 0.2) is 23.2 Å². The molecular weight excluding hydrogens is 290 g/mol. The molecule has 2 unspecified atom stereocenters. The molecule has 2 N–H and O–H groups in total. The first-order valence-corrected chi connectivity index (χ1v) is 8.01. The lowest BCUT2D eigenvalue weighted by molar-refractivity contribution is -0.0922. The highest BCUT2D eigenvalue weighted by molar-refractivity contribution is 5.80. The third-order valence-electron chi connectivity index (χ3n) is 4.68. The zero-order chi connectivity index (χ0) is 17.0. The number of methoxy groups -OCH3 is 1. The second-order valence-corrected chi connectivity index (χ2v) is 6.79. The van der Waals surface area contributed by atoms with E-state index >= 15 is 0 Å². The number of aliphatic imine (C=N–C) groups is 1. The van der Waals surface area contributed by atoms with E-state index in [0.29, 0.717) is 18.7 Å². The van der Waals surface area contributed by atoms with E-state index in [1.165, 1.54) is 0 Å². The van der Waals surface area contributed by atoms with Crippen LogP contribution in [0.25, 0.3) is 0 Å². The van der Waals surface area contributed by atoms with Gasteiger partial charge in [-0.05, 0) is 18.6 Å². The van der Waals surface area contributed by atoms with E-state index in [0.717, 1.165) is 23.9 Å². The minimum atomic E-state index is 0.107. The Balaban J connectivity index is 1.90. The molecule has 6 nitrogen and oxygen atoms in total. The Morgan fingerprint density at radius 3 is 2.74 bits per heavy atom. The average Bonchev–Trinajstić information content (AvgIpc) is 2.53. The van der Waals surface area contributed by atoms with Crippen LogP contribution < -0.4 is 15.5 Å². The Kier molecular flexibility index (Phi) is 5.46. The lowest BCUT2D eigenvalue weighted by Gasteiger charge is -2.51. The fourth-order valence-corrected chi connectivity index (χ4v) is 2.88. The molecule has 128 valence electrons. The highest BCUT2D eigenvalue weighted by Crippen LogP contribution is 2.42. The maximum atomic E-state index is 5.50. The summed E-state index contributed by atoms with van der Waals surface area (Å²) >= 11 is 0. The molecule has 0 aromatic carbocycles. The van der Waals surface area contributed by atoms with Crippen LogP contribution in [-0.4, -0.2) is 51.3 Å². The summed E-state index contributed by atoms with van der Waals surface area (Å²) in [6.45, 7) is 5.08. The first-order valence-electron chi connectivity index (χ1n) is 8.01. The SMILES string of the molecule is CN=C(NCc1cccc(N(C)C)n1)NC1CC(OC)C1(C)C. The van der Waals surface area contributed by atoms with Crippen molar-refractivity contribution < 1.29 is 4.74 Å². The van der Waals surface area contributed by atoms with Crippen LogP contribution in [0.3, 0.4) is 0 Å². The van der Waals surface area contributed by atoms with Crippen LogP contribution in [-0.2, 0) is 11.3 Å². The molecule has 1 aliphatic carbocycles. The molecule has 0 spiro atoms. The summed E-state index contributed by atoms with van der Waals surface area (Å²) in [4.78, 5) is 10.9. The van der Waals surface area contributed by atoms with Gasteiger partial charge in [-0.15, -0.1) is 0 Å². The molecule has 6 heteroatoms. The number of pyridine rings is 1. The highest BCUT2D eigenvalue weighted by Gasteiger charge is 2.48. The van der Waals surface area contributed by atoms with E-state index in [1.807, 2.05) is 37.2 Å². The molecule has 1 aliphatic rings. The van der Waals surface area contributed by atoms with E-state index < -0.39 is 0 Å². The molecule has 0 aliphatic heterocycles. The highest BCUT2D eigenvalue weighted by atomic mass is 16.5. The molecule has 2 rings (SSSR count). The largest absolute Gasteiger partial charge is 0.381 e. The van der Waals surface area contributed by atoms with Gasteiger partial charge in [0, 0.05) is 39.7 Å². The standard InChI is InChI=1S/C17H29N5O/c1-17(2)13(10-14(17)23-6)21-16(18-3)19-11-12-8-7-9-15(20-12)22(4)5/h7-9,13-14H,10-11H2,1-6H3,(H2,18,19,21). The summed E-state index contributed by atoms with van der Waals surface area (Å²) in [5.41, 5.74) is 1.09. The van der Waals surface area contributed by atoms with E-state index in [-0.39, 0.29) is 5.41 Å². The maximum Gasteiger partial charge on any atom is 0.191 e. The smallest absolute Gasteiger partial charge is 0.191 e. The zero-order valence-corrected chi connectivity index (χ0v) is 15.1. The van der Waals surface area contributed by atoms with Crippen LogP contribution in [0.4, 0.5) is 5.82 Å². The molecule has 1 aromatic heterocycles. The quantitative estimate of drug-likeness (QED) is 0.638. The van der Waals surface area contributed by atoms with Crippen molar-refractivity contribution in [2.24, 2.45) is 10.4 Å². The van der Waals surface area contributed by atoms with Gasteiger partial charge in [-0.2, -0.15) is 0 Å². The fourth-order valence-electron chi connectivity index (χ4n) is 2.88. The second kappa shape index (κ2) is 7.17. The van der Waals surface area contributed by atoms with Gasteiger partial charge in [-0.3, -0.25) is 4.99 Å². The molecule has 0 bridgehead atoms. The zero-order valence-electron chi connectivity index (χ0n) is 15.1. The fraction of sp³-hybridized carbons (Fsp3) is 0.647. The number of ether oxygens (including phenoxy) is 1. The molecule has 1 fully saturated rings. The number of rotatable bonds is 5. The Bertz CT molecular complexity index is 556. The van der Waals surface area contributed by atoms with Gasteiger partial charge < -0.3 is 20.3 Å². The summed E-state index contributed by atoms with van der Waals surface area (Å²) in [5.74, 6) is 1.75. The van der Waals surface area contributed by atoms with Crippen LogP contribution in [0, 0.1) is 5.41 Å². The van der Waals surface area contributed by atoms with Crippen molar-refractivity contribution in [1.82, 2.24) is 15.6 Å². The van der Waals surface area contributed by atoms with Gasteiger partial charge in [0.1, 0.15) is 5.82 Å². The molecule has 0 radical (unpaired) electrons. The number of guanidine groups is 1. The van der Waals surface area contributed by atoms with Crippen molar-refractivity contribution >= 4 is 11.8 Å². The number of hydrogen-bond donors (Lipinski definition) is 2. The van der Waals surface area contributed by atoms with Gasteiger partial charge in [0.25, 0.3) is 0 Å². The van der Waals surface area contributed by atoms with Crippen molar-refractivity contribution in [3.63, 3.8) is 0 Å². The van der Waals surface area contributed by atoms with Crippen LogP contribution >= 0.6 is 0 Å². The van der Waals surface area contributed by atoms with Gasteiger partial charge in [0.2, 0.25) is 0 Å². The summed E-state index contributed by atoms with van der Waals surface area (Å²) < 4.78 is 5.50. The van der Waals surface area contributed by atoms with Gasteiger partial charge in [0.05, 0.1) is 18.3 Å². The Hall–Kier alpha value is -1.82. The van der Waals surface area contributed by atoms with Crippen molar-refractivity contribution in [1.29, 1.82) is 0 Å². The van der Waals surface area contributed by atoms with Crippen molar-refractivity contribution in [3.05, 3.63) is 23.9 Å². The van der Waals surface area contributed by atoms with Crippen molar-refractivity contribution in [2.75, 3.05) is 33.2 Å². The predicted molar refractivity (Wildman–Crippen MR) is 94.9 cm³/mol. The van der Waals surface area contributed by atoms with Gasteiger partial charge in [0.15, 0.2) is 5.96 Å². The maximum absolute atomic E-state index is 5.50. The lowest BCUT2D eigenvalue weighted by atomic mass is 9.64. The lowest BCUT2D eigenvalue weighted by Crippen LogP contribution is -2.63. The van der Waals surface area contributed by atoms with Crippen LogP contribution in [0.1, 0.15) is 26.0 Å². The number of hydrogen-bond acceptors (Lipinski definition) is 4. The van der Waals surface area contributed by atoms with Gasteiger partial charge >= 0.3 is 0 Å². The van der Waals surface area contributed by atoms with Crippen LogP contribution in [0.2, 0.25) is 0 Å². The van der Waals surface area contributed by atoms with E-state index in [4.69, 9.17) is 4.74 Å². The average molecular weight is 319 g/mol. The molecule has 1 heterocycles. The molecule has 0 amide bonds. The monoisotopic (exact) mass is 319 g/mol. The third-order valence-corrected chi connectivity index (χ3v) is 4.68. The Morgan fingerprint density at radius 2 is 2.17 bits per heavy atom. The van der Waals surface area contributed by atoms with E-state index in [2.05, 4.69) is 34.5 Å². The number of nitrogens with zero attached hydrogens (tertiary/aromatic N) is 3. The molecule has 1 saturated carbocycles. The van der Waals surface area contributed by atoms with E-state index in [9.17, 15) is 0 Å². The van der Waals surface area contributed by atoms with Crippen LogP contribution in [0.5, 0.6) is 0 Å². The number of anilines is 1. The minimum absolute atomic E-state index is 0.107. The third kappa shape index (κ3) is 3.93. The summed E-state index contributed by atoms with van der Waals surface area (Å²) in [7, 11) is 7.55. The molecule has 0 saturated heterocycles. The predicted octanol–water partition coefficient (Wildman–Crippen LogP) is 1.63. The Morgan fingerprint density at radius 1 is 1.43 bits per heavy atom. The summed E-state index contributed by atoms with van der Waals surface area (Å²) in [5, 5.41) is 6.82. The summed E-state index contributed by atoms with van der Waals surface area (Å²) in [6, 6.07) is 6.40. The van der Waals surface area contributed by atoms with Crippen molar-refractivity contribution in [2.45, 2.75) is 39.0 Å². The second-order valence-electron chi connectivity index (χ2n) is 6.79. The first kappa shape index (κ1) is 17.5. The molecule has 23 heavy (non-hydrogen) atoms. The summed E-state index contributed by atoms with van der Waals surface area (Å²) in [6.07, 6.45) is 1.30. The minimum Gasteiger partial charge on any atom is -0.381 e. The number of aromatic nitrogens is 1. The van der Waals surface area contributed by atoms with E-state index in [1.54, 1.807) is 14.2 Å². The van der Waals surface area contributed by atoms with Crippen molar-refractivity contribution in [3.8, 4) is 0 Å². The molecule has 1 aromatic rings. The van der Waals surface area contributed by atoms with Gasteiger partial charge in [-0.1, -0.05) is 19.9 Å². The normalized spacial score (nSPS) is 23.1. The Labute approximate surface area is 139 Å². The number of nitrogens with one attached hydrogen (secondary N) is 2. The first-order chi connectivity index (χ1) is 10.9. The van der Waals surface area contributed by atoms with Gasteiger partial charge in [-0.25, -0.2) is 4.98 Å². The molecular formula is C17H29N5O.